The Balaban J connectivity index is 1.91. The van der Waals surface area contributed by atoms with Gasteiger partial charge in [0.15, 0.2) is 0 Å². The van der Waals surface area contributed by atoms with Crippen LogP contribution in [0.1, 0.15) is 18.1 Å². The zero-order valence-corrected chi connectivity index (χ0v) is 13.6. The van der Waals surface area contributed by atoms with Crippen molar-refractivity contribution in [2.24, 2.45) is 5.10 Å². The van der Waals surface area contributed by atoms with Crippen LogP contribution in [0.25, 0.3) is 0 Å². The minimum atomic E-state index is -0.847. The molecule has 0 aliphatic carbocycles. The van der Waals surface area contributed by atoms with Gasteiger partial charge in [0.25, 0.3) is 0 Å². The zero-order valence-electron chi connectivity index (χ0n) is 13.6. The van der Waals surface area contributed by atoms with E-state index < -0.39 is 11.8 Å². The Morgan fingerprint density at radius 1 is 1.08 bits per heavy atom. The standard InChI is InChI=1S/C18H19N3O3/c1-3-13-8-10-15(11-9-13)20-17(22)18(23)21-19-12-14-6-4-5-7-16(14)24-2/h4-12H,3H2,1-2H3,(H,20,22)(H,21,23)/b19-12+. The van der Waals surface area contributed by atoms with E-state index in [9.17, 15) is 9.59 Å². The molecular weight excluding hydrogens is 306 g/mol. The van der Waals surface area contributed by atoms with Gasteiger partial charge in [0.2, 0.25) is 0 Å². The minimum Gasteiger partial charge on any atom is -0.496 e. The third-order valence-corrected chi connectivity index (χ3v) is 3.33. The maximum absolute atomic E-state index is 11.8. The Morgan fingerprint density at radius 3 is 2.46 bits per heavy atom. The second kappa shape index (κ2) is 8.47. The number of para-hydroxylation sites is 1. The summed E-state index contributed by atoms with van der Waals surface area (Å²) in [5.41, 5.74) is 4.59. The molecule has 0 saturated heterocycles. The number of nitrogens with one attached hydrogen (secondary N) is 2. The van der Waals surface area contributed by atoms with Crippen LogP contribution in [0.2, 0.25) is 0 Å². The molecule has 6 nitrogen and oxygen atoms in total. The molecule has 0 aliphatic heterocycles. The molecule has 2 N–H and O–H groups in total. The van der Waals surface area contributed by atoms with Crippen molar-refractivity contribution in [2.75, 3.05) is 12.4 Å². The number of rotatable bonds is 5. The number of hydrogen-bond donors (Lipinski definition) is 2. The lowest BCUT2D eigenvalue weighted by atomic mass is 10.1. The highest BCUT2D eigenvalue weighted by Crippen LogP contribution is 2.14. The lowest BCUT2D eigenvalue weighted by Crippen LogP contribution is -2.32. The molecule has 2 amide bonds. The Bertz CT molecular complexity index is 739. The Hall–Kier alpha value is -3.15. The summed E-state index contributed by atoms with van der Waals surface area (Å²) in [6.45, 7) is 2.04. The molecule has 24 heavy (non-hydrogen) atoms. The molecule has 0 saturated carbocycles. The minimum absolute atomic E-state index is 0.557. The number of amides is 2. The van der Waals surface area contributed by atoms with E-state index in [0.717, 1.165) is 12.0 Å². The molecule has 0 spiro atoms. The quantitative estimate of drug-likeness (QED) is 0.503. The number of carbonyl (C=O) groups is 2. The SMILES string of the molecule is CCc1ccc(NC(=O)C(=O)N/N=C/c2ccccc2OC)cc1. The van der Waals surface area contributed by atoms with Crippen molar-refractivity contribution in [2.45, 2.75) is 13.3 Å². The van der Waals surface area contributed by atoms with Gasteiger partial charge in [0.1, 0.15) is 5.75 Å². The number of ether oxygens (including phenoxy) is 1. The smallest absolute Gasteiger partial charge is 0.329 e. The summed E-state index contributed by atoms with van der Waals surface area (Å²) in [5.74, 6) is -1.01. The van der Waals surface area contributed by atoms with Crippen LogP contribution < -0.4 is 15.5 Å². The van der Waals surface area contributed by atoms with Gasteiger partial charge >= 0.3 is 11.8 Å². The van der Waals surface area contributed by atoms with Gasteiger partial charge in [-0.25, -0.2) is 5.43 Å². The highest BCUT2D eigenvalue weighted by molar-refractivity contribution is 6.39. The van der Waals surface area contributed by atoms with Gasteiger partial charge in [-0.15, -0.1) is 0 Å². The number of methoxy groups -OCH3 is 1. The largest absolute Gasteiger partial charge is 0.496 e. The van der Waals surface area contributed by atoms with E-state index in [4.69, 9.17) is 4.74 Å². The van der Waals surface area contributed by atoms with Gasteiger partial charge < -0.3 is 10.1 Å². The summed E-state index contributed by atoms with van der Waals surface area (Å²) in [5, 5.41) is 6.29. The summed E-state index contributed by atoms with van der Waals surface area (Å²) in [4.78, 5) is 23.6. The van der Waals surface area contributed by atoms with E-state index in [1.165, 1.54) is 6.21 Å². The second-order valence-electron chi connectivity index (χ2n) is 4.95. The number of anilines is 1. The van der Waals surface area contributed by atoms with Crippen molar-refractivity contribution in [1.82, 2.24) is 5.43 Å². The van der Waals surface area contributed by atoms with Crippen molar-refractivity contribution in [3.63, 3.8) is 0 Å². The summed E-state index contributed by atoms with van der Waals surface area (Å²) >= 11 is 0. The van der Waals surface area contributed by atoms with Crippen molar-refractivity contribution in [1.29, 1.82) is 0 Å². The topological polar surface area (TPSA) is 79.8 Å². The number of carbonyl (C=O) groups excluding carboxylic acids is 2. The van der Waals surface area contributed by atoms with Gasteiger partial charge in [-0.1, -0.05) is 31.2 Å². The molecule has 0 bridgehead atoms. The average Bonchev–Trinajstić information content (AvgIpc) is 2.62. The van der Waals surface area contributed by atoms with Gasteiger partial charge in [0, 0.05) is 11.3 Å². The predicted molar refractivity (Wildman–Crippen MR) is 93.2 cm³/mol. The van der Waals surface area contributed by atoms with Crippen LogP contribution in [0.4, 0.5) is 5.69 Å². The van der Waals surface area contributed by atoms with Crippen LogP contribution in [0.5, 0.6) is 5.75 Å². The van der Waals surface area contributed by atoms with Gasteiger partial charge in [-0.05, 0) is 36.2 Å². The van der Waals surface area contributed by atoms with Crippen molar-refractivity contribution in [3.8, 4) is 5.75 Å². The van der Waals surface area contributed by atoms with Crippen LogP contribution in [0, 0.1) is 0 Å². The first kappa shape index (κ1) is 17.2. The number of aryl methyl sites for hydroxylation is 1. The van der Waals surface area contributed by atoms with Crippen LogP contribution >= 0.6 is 0 Å². The van der Waals surface area contributed by atoms with Crippen molar-refractivity contribution in [3.05, 3.63) is 59.7 Å². The van der Waals surface area contributed by atoms with Crippen molar-refractivity contribution >= 4 is 23.7 Å². The molecule has 0 radical (unpaired) electrons. The first-order valence-corrected chi connectivity index (χ1v) is 7.50. The molecular formula is C18H19N3O3. The third kappa shape index (κ3) is 4.67. The van der Waals surface area contributed by atoms with E-state index in [1.54, 1.807) is 31.4 Å². The van der Waals surface area contributed by atoms with Gasteiger partial charge in [0.05, 0.1) is 13.3 Å². The van der Waals surface area contributed by atoms with Crippen molar-refractivity contribution < 1.29 is 14.3 Å². The maximum Gasteiger partial charge on any atom is 0.329 e. The molecule has 0 fully saturated rings. The summed E-state index contributed by atoms with van der Waals surface area (Å²) < 4.78 is 5.16. The molecule has 0 unspecified atom stereocenters. The molecule has 6 heteroatoms. The monoisotopic (exact) mass is 325 g/mol. The zero-order chi connectivity index (χ0) is 17.4. The highest BCUT2D eigenvalue weighted by Gasteiger charge is 2.12. The number of benzene rings is 2. The third-order valence-electron chi connectivity index (χ3n) is 3.33. The van der Waals surface area contributed by atoms with Crippen LogP contribution in [-0.4, -0.2) is 25.1 Å². The molecule has 0 aliphatic rings. The Labute approximate surface area is 140 Å². The molecule has 124 valence electrons. The lowest BCUT2D eigenvalue weighted by Gasteiger charge is -2.05. The van der Waals surface area contributed by atoms with E-state index >= 15 is 0 Å². The molecule has 2 aromatic rings. The molecule has 2 aromatic carbocycles. The van der Waals surface area contributed by atoms with Crippen LogP contribution in [0.3, 0.4) is 0 Å². The summed E-state index contributed by atoms with van der Waals surface area (Å²) in [6.07, 6.45) is 2.33. The fourth-order valence-electron chi connectivity index (χ4n) is 2.00. The lowest BCUT2D eigenvalue weighted by molar-refractivity contribution is -0.136. The van der Waals surface area contributed by atoms with Gasteiger partial charge in [-0.2, -0.15) is 5.10 Å². The fraction of sp³-hybridized carbons (Fsp3) is 0.167. The van der Waals surface area contributed by atoms with E-state index in [1.807, 2.05) is 31.2 Å². The molecule has 0 heterocycles. The number of hydrogen-bond acceptors (Lipinski definition) is 4. The molecule has 0 aromatic heterocycles. The predicted octanol–water partition coefficient (Wildman–Crippen LogP) is 2.35. The number of hydrazone groups is 1. The highest BCUT2D eigenvalue weighted by atomic mass is 16.5. The maximum atomic E-state index is 11.8. The normalized spacial score (nSPS) is 10.4. The Morgan fingerprint density at radius 2 is 1.79 bits per heavy atom. The van der Waals surface area contributed by atoms with Gasteiger partial charge in [-0.3, -0.25) is 9.59 Å². The first-order chi connectivity index (χ1) is 11.6. The van der Waals surface area contributed by atoms with E-state index in [2.05, 4.69) is 15.8 Å². The fourth-order valence-corrected chi connectivity index (χ4v) is 2.00. The van der Waals surface area contributed by atoms with Crippen LogP contribution in [-0.2, 0) is 16.0 Å². The summed E-state index contributed by atoms with van der Waals surface area (Å²) in [7, 11) is 1.54. The second-order valence-corrected chi connectivity index (χ2v) is 4.95. The van der Waals surface area contributed by atoms with E-state index in [0.29, 0.717) is 17.0 Å². The first-order valence-electron chi connectivity index (χ1n) is 7.50. The molecule has 2 rings (SSSR count). The average molecular weight is 325 g/mol. The Kier molecular flexibility index (Phi) is 6.08. The van der Waals surface area contributed by atoms with Crippen LogP contribution in [0.15, 0.2) is 53.6 Å². The number of nitrogens with zero attached hydrogens (tertiary/aromatic N) is 1. The molecule has 0 atom stereocenters. The summed E-state index contributed by atoms with van der Waals surface area (Å²) in [6, 6.07) is 14.5. The van der Waals surface area contributed by atoms with E-state index in [-0.39, 0.29) is 0 Å².